The van der Waals surface area contributed by atoms with Crippen LogP contribution in [-0.4, -0.2) is 0 Å². The summed E-state index contributed by atoms with van der Waals surface area (Å²) in [5, 5.41) is 9.73. The van der Waals surface area contributed by atoms with Crippen molar-refractivity contribution in [2.45, 2.75) is 6.42 Å². The Morgan fingerprint density at radius 1 is 0.478 bits per heavy atom. The average molecular weight is 292 g/mol. The zero-order valence-corrected chi connectivity index (χ0v) is 12.0. The van der Waals surface area contributed by atoms with Gasteiger partial charge in [-0.05, 0) is 40.5 Å². The molecule has 0 fully saturated rings. The molecule has 0 atom stereocenters. The highest BCUT2D eigenvalue weighted by atomic mass is 16.1. The van der Waals surface area contributed by atoms with Crippen molar-refractivity contribution < 1.29 is 0 Å². The summed E-state index contributed by atoms with van der Waals surface area (Å²) in [4.78, 5) is 25.6. The van der Waals surface area contributed by atoms with Crippen molar-refractivity contribution in [1.82, 2.24) is 0 Å². The van der Waals surface area contributed by atoms with Crippen LogP contribution in [0.25, 0.3) is 53.9 Å². The van der Waals surface area contributed by atoms with E-state index in [2.05, 4.69) is 12.1 Å². The lowest BCUT2D eigenvalue weighted by atomic mass is 9.95. The molecular formula is C21H8O2. The van der Waals surface area contributed by atoms with Gasteiger partial charge in [0.2, 0.25) is 0 Å². The van der Waals surface area contributed by atoms with E-state index in [4.69, 9.17) is 0 Å². The highest BCUT2D eigenvalue weighted by Gasteiger charge is 2.29. The molecule has 0 spiro atoms. The average Bonchev–Trinajstić information content (AvgIpc) is 3.17. The van der Waals surface area contributed by atoms with E-state index in [1.54, 1.807) is 0 Å². The molecule has 6 aromatic rings. The lowest BCUT2D eigenvalue weighted by molar-refractivity contribution is 1.28. The topological polar surface area (TPSA) is 34.1 Å². The first-order valence-corrected chi connectivity index (χ1v) is 7.85. The lowest BCUT2D eigenvalue weighted by Gasteiger charge is -2.07. The summed E-state index contributed by atoms with van der Waals surface area (Å²) in [6.07, 6.45) is 0.895. The first-order valence-electron chi connectivity index (χ1n) is 7.85. The third kappa shape index (κ3) is 0.858. The molecule has 2 nitrogen and oxygen atoms in total. The molecular weight excluding hydrogens is 284 g/mol. The van der Waals surface area contributed by atoms with Crippen LogP contribution in [0.1, 0.15) is 11.1 Å². The van der Waals surface area contributed by atoms with Gasteiger partial charge in [0.15, 0.2) is 10.9 Å². The van der Waals surface area contributed by atoms with Crippen molar-refractivity contribution in [1.29, 1.82) is 0 Å². The maximum absolute atomic E-state index is 12.8. The van der Waals surface area contributed by atoms with E-state index in [0.29, 0.717) is 0 Å². The molecule has 1 aliphatic carbocycles. The van der Waals surface area contributed by atoms with Crippen molar-refractivity contribution in [3.63, 3.8) is 0 Å². The van der Waals surface area contributed by atoms with Gasteiger partial charge < -0.3 is 0 Å². The minimum atomic E-state index is 0.0998. The van der Waals surface area contributed by atoms with E-state index < -0.39 is 0 Å². The molecule has 0 unspecified atom stereocenters. The number of hydrogen-bond donors (Lipinski definition) is 0. The predicted octanol–water partition coefficient (Wildman–Crippen LogP) is 3.83. The summed E-state index contributed by atoms with van der Waals surface area (Å²) in [7, 11) is 0. The SMILES string of the molecule is O=c1c2ccc3c4c5c(ccc6c(=O)c7ccc1c(c24)c7c65)C3. The van der Waals surface area contributed by atoms with Crippen LogP contribution in [0.4, 0.5) is 0 Å². The van der Waals surface area contributed by atoms with E-state index in [1.165, 1.54) is 21.9 Å². The van der Waals surface area contributed by atoms with Gasteiger partial charge in [-0.3, -0.25) is 9.59 Å². The van der Waals surface area contributed by atoms with Crippen molar-refractivity contribution in [2.75, 3.05) is 0 Å². The smallest absolute Gasteiger partial charge is 0.194 e. The fourth-order valence-electron chi connectivity index (χ4n) is 5.05. The summed E-state index contributed by atoms with van der Waals surface area (Å²) >= 11 is 0. The van der Waals surface area contributed by atoms with Crippen LogP contribution >= 0.6 is 0 Å². The molecule has 0 aliphatic heterocycles. The Morgan fingerprint density at radius 3 is 1.26 bits per heavy atom. The Balaban J connectivity index is 2.16. The second-order valence-electron chi connectivity index (χ2n) is 6.79. The van der Waals surface area contributed by atoms with Crippen LogP contribution in [0.3, 0.4) is 0 Å². The monoisotopic (exact) mass is 292 g/mol. The second kappa shape index (κ2) is 2.91. The van der Waals surface area contributed by atoms with Gasteiger partial charge in [-0.2, -0.15) is 0 Å². The van der Waals surface area contributed by atoms with Gasteiger partial charge in [0, 0.05) is 43.1 Å². The maximum atomic E-state index is 12.8. The molecule has 7 rings (SSSR count). The van der Waals surface area contributed by atoms with Crippen LogP contribution in [0, 0.1) is 0 Å². The standard InChI is InChI=1S/C21H8O2/c22-20-10-3-1-8-7-9-2-4-11-17-15(9)14(8)16(10)18-12(20)5-6-13(19(17)18)21(11)23/h1-6H,7H2. The fourth-order valence-corrected chi connectivity index (χ4v) is 5.05. The quantitative estimate of drug-likeness (QED) is 0.398. The first kappa shape index (κ1) is 10.7. The molecule has 2 heteroatoms. The lowest BCUT2D eigenvalue weighted by Crippen LogP contribution is -1.95. The third-order valence-electron chi connectivity index (χ3n) is 5.90. The van der Waals surface area contributed by atoms with E-state index >= 15 is 0 Å². The normalized spacial score (nSPS) is 14.3. The van der Waals surface area contributed by atoms with Crippen LogP contribution in [0.5, 0.6) is 0 Å². The summed E-state index contributed by atoms with van der Waals surface area (Å²) in [5.41, 5.74) is 2.76. The van der Waals surface area contributed by atoms with Gasteiger partial charge in [0.25, 0.3) is 0 Å². The van der Waals surface area contributed by atoms with Crippen molar-refractivity contribution in [3.05, 3.63) is 68.0 Å². The number of rotatable bonds is 0. The van der Waals surface area contributed by atoms with Crippen molar-refractivity contribution >= 4 is 53.9 Å². The molecule has 6 aromatic carbocycles. The molecule has 0 aromatic heterocycles. The molecule has 0 radical (unpaired) electrons. The summed E-state index contributed by atoms with van der Waals surface area (Å²) in [5.74, 6) is 0. The summed E-state index contributed by atoms with van der Waals surface area (Å²) in [6, 6.07) is 11.8. The Morgan fingerprint density at radius 2 is 0.826 bits per heavy atom. The zero-order chi connectivity index (χ0) is 15.0. The zero-order valence-electron chi connectivity index (χ0n) is 12.0. The minimum Gasteiger partial charge on any atom is -0.289 e. The molecule has 0 amide bonds. The van der Waals surface area contributed by atoms with Gasteiger partial charge in [-0.25, -0.2) is 0 Å². The highest BCUT2D eigenvalue weighted by molar-refractivity contribution is 6.43. The third-order valence-corrected chi connectivity index (χ3v) is 5.90. The first-order chi connectivity index (χ1) is 11.3. The van der Waals surface area contributed by atoms with Crippen LogP contribution in [0.15, 0.2) is 46.0 Å². The molecule has 104 valence electrons. The Bertz CT molecular complexity index is 1440. The molecule has 0 saturated carbocycles. The van der Waals surface area contributed by atoms with Gasteiger partial charge in [0.05, 0.1) is 0 Å². The van der Waals surface area contributed by atoms with E-state index in [-0.39, 0.29) is 10.9 Å². The molecule has 1 aliphatic rings. The second-order valence-corrected chi connectivity index (χ2v) is 6.79. The summed E-state index contributed by atoms with van der Waals surface area (Å²) in [6.45, 7) is 0. The molecule has 0 heterocycles. The highest BCUT2D eigenvalue weighted by Crippen LogP contribution is 2.49. The van der Waals surface area contributed by atoms with E-state index in [0.717, 1.165) is 49.5 Å². The van der Waals surface area contributed by atoms with Crippen LogP contribution < -0.4 is 10.9 Å². The van der Waals surface area contributed by atoms with Crippen molar-refractivity contribution in [3.8, 4) is 0 Å². The number of hydrogen-bond acceptors (Lipinski definition) is 2. The number of benzene rings is 4. The van der Waals surface area contributed by atoms with Gasteiger partial charge in [0.1, 0.15) is 0 Å². The fraction of sp³-hybridized carbons (Fsp3) is 0.0476. The van der Waals surface area contributed by atoms with E-state index in [9.17, 15) is 9.59 Å². The molecule has 0 bridgehead atoms. The summed E-state index contributed by atoms with van der Waals surface area (Å²) < 4.78 is 0. The van der Waals surface area contributed by atoms with Gasteiger partial charge in [-0.1, -0.05) is 24.3 Å². The molecule has 0 N–H and O–H groups in total. The van der Waals surface area contributed by atoms with Crippen LogP contribution in [0.2, 0.25) is 0 Å². The van der Waals surface area contributed by atoms with Crippen LogP contribution in [-0.2, 0) is 6.42 Å². The van der Waals surface area contributed by atoms with Crippen molar-refractivity contribution in [2.24, 2.45) is 0 Å². The molecule has 23 heavy (non-hydrogen) atoms. The molecule has 0 saturated heterocycles. The Kier molecular flexibility index (Phi) is 1.35. The largest absolute Gasteiger partial charge is 0.289 e. The minimum absolute atomic E-state index is 0.0998. The maximum Gasteiger partial charge on any atom is 0.194 e. The van der Waals surface area contributed by atoms with E-state index in [1.807, 2.05) is 24.3 Å². The Hall–Kier alpha value is -3.00. The predicted molar refractivity (Wildman–Crippen MR) is 94.1 cm³/mol. The van der Waals surface area contributed by atoms with Gasteiger partial charge in [-0.15, -0.1) is 0 Å². The Labute approximate surface area is 128 Å². The van der Waals surface area contributed by atoms with Gasteiger partial charge >= 0.3 is 0 Å².